The molecule has 0 bridgehead atoms. The molecule has 18 heavy (non-hydrogen) atoms. The summed E-state index contributed by atoms with van der Waals surface area (Å²) in [5.74, 6) is -0.0938. The standard InChI is InChI=1S/C15H15NO2/c1-2-6-14(13-9-10-18-11-13)16-15(17)12-7-4-3-5-8-12/h2-5,7-11,14H,1,6H2,(H,16,17)/t14-/m1/s1. The van der Waals surface area contributed by atoms with E-state index in [1.165, 1.54) is 0 Å². The van der Waals surface area contributed by atoms with Crippen LogP contribution >= 0.6 is 0 Å². The molecule has 0 unspecified atom stereocenters. The summed E-state index contributed by atoms with van der Waals surface area (Å²) in [6.45, 7) is 3.71. The Morgan fingerprint density at radius 1 is 1.33 bits per heavy atom. The lowest BCUT2D eigenvalue weighted by molar-refractivity contribution is 0.0937. The molecule has 1 aromatic heterocycles. The van der Waals surface area contributed by atoms with Crippen LogP contribution in [0.2, 0.25) is 0 Å². The van der Waals surface area contributed by atoms with Crippen LogP contribution in [0.5, 0.6) is 0 Å². The van der Waals surface area contributed by atoms with E-state index in [0.29, 0.717) is 12.0 Å². The number of amides is 1. The number of nitrogens with one attached hydrogen (secondary N) is 1. The molecule has 2 aromatic rings. The van der Waals surface area contributed by atoms with E-state index in [1.807, 2.05) is 24.3 Å². The summed E-state index contributed by atoms with van der Waals surface area (Å²) in [7, 11) is 0. The SMILES string of the molecule is C=CC[C@@H](NC(=O)c1ccccc1)c1ccoc1. The molecule has 2 rings (SSSR count). The van der Waals surface area contributed by atoms with Crippen molar-refractivity contribution < 1.29 is 9.21 Å². The molecule has 0 radical (unpaired) electrons. The van der Waals surface area contributed by atoms with Crippen LogP contribution in [0, 0.1) is 0 Å². The average Bonchev–Trinajstić information content (AvgIpc) is 2.93. The van der Waals surface area contributed by atoms with Crippen LogP contribution in [0.25, 0.3) is 0 Å². The van der Waals surface area contributed by atoms with Crippen molar-refractivity contribution in [3.05, 3.63) is 72.7 Å². The van der Waals surface area contributed by atoms with Gasteiger partial charge in [0.1, 0.15) is 0 Å². The first-order valence-corrected chi connectivity index (χ1v) is 5.80. The third-order valence-electron chi connectivity index (χ3n) is 2.69. The van der Waals surface area contributed by atoms with Gasteiger partial charge in [0.15, 0.2) is 0 Å². The first-order chi connectivity index (χ1) is 8.81. The van der Waals surface area contributed by atoms with Gasteiger partial charge in [-0.25, -0.2) is 0 Å². The largest absolute Gasteiger partial charge is 0.472 e. The number of benzene rings is 1. The third-order valence-corrected chi connectivity index (χ3v) is 2.69. The topological polar surface area (TPSA) is 42.2 Å². The van der Waals surface area contributed by atoms with Crippen LogP contribution in [0.4, 0.5) is 0 Å². The quantitative estimate of drug-likeness (QED) is 0.816. The minimum absolute atomic E-state index is 0.0938. The summed E-state index contributed by atoms with van der Waals surface area (Å²) in [6, 6.07) is 10.9. The van der Waals surface area contributed by atoms with Crippen molar-refractivity contribution in [2.24, 2.45) is 0 Å². The van der Waals surface area contributed by atoms with E-state index in [-0.39, 0.29) is 11.9 Å². The Labute approximate surface area is 106 Å². The van der Waals surface area contributed by atoms with Gasteiger partial charge in [0, 0.05) is 11.1 Å². The second-order valence-electron chi connectivity index (χ2n) is 3.97. The Kier molecular flexibility index (Phi) is 3.97. The number of hydrogen-bond acceptors (Lipinski definition) is 2. The van der Waals surface area contributed by atoms with Crippen LogP contribution in [-0.2, 0) is 0 Å². The lowest BCUT2D eigenvalue weighted by atomic mass is 10.1. The third kappa shape index (κ3) is 2.88. The fourth-order valence-corrected chi connectivity index (χ4v) is 1.75. The van der Waals surface area contributed by atoms with E-state index in [0.717, 1.165) is 5.56 Å². The van der Waals surface area contributed by atoms with Crippen molar-refractivity contribution >= 4 is 5.91 Å². The molecule has 0 saturated heterocycles. The number of carbonyl (C=O) groups excluding carboxylic acids is 1. The Hall–Kier alpha value is -2.29. The molecule has 1 heterocycles. The van der Waals surface area contributed by atoms with Gasteiger partial charge in [-0.05, 0) is 24.6 Å². The summed E-state index contributed by atoms with van der Waals surface area (Å²) in [6.07, 6.45) is 5.68. The zero-order valence-electron chi connectivity index (χ0n) is 10.0. The van der Waals surface area contributed by atoms with Gasteiger partial charge >= 0.3 is 0 Å². The van der Waals surface area contributed by atoms with E-state index in [1.54, 1.807) is 30.7 Å². The molecule has 1 amide bonds. The molecule has 3 heteroatoms. The van der Waals surface area contributed by atoms with Crippen LogP contribution in [0.3, 0.4) is 0 Å². The molecule has 1 atom stereocenters. The predicted molar refractivity (Wildman–Crippen MR) is 70.2 cm³/mol. The van der Waals surface area contributed by atoms with Crippen molar-refractivity contribution in [1.29, 1.82) is 0 Å². The number of furan rings is 1. The van der Waals surface area contributed by atoms with E-state index in [9.17, 15) is 4.79 Å². The maximum atomic E-state index is 12.0. The molecule has 1 aromatic carbocycles. The summed E-state index contributed by atoms with van der Waals surface area (Å²) >= 11 is 0. The van der Waals surface area contributed by atoms with E-state index in [4.69, 9.17) is 4.42 Å². The van der Waals surface area contributed by atoms with Gasteiger partial charge in [-0.3, -0.25) is 4.79 Å². The van der Waals surface area contributed by atoms with Gasteiger partial charge in [-0.1, -0.05) is 24.3 Å². The fourth-order valence-electron chi connectivity index (χ4n) is 1.75. The highest BCUT2D eigenvalue weighted by atomic mass is 16.3. The van der Waals surface area contributed by atoms with Gasteiger partial charge in [0.2, 0.25) is 0 Å². The second-order valence-corrected chi connectivity index (χ2v) is 3.97. The monoisotopic (exact) mass is 241 g/mol. The Morgan fingerprint density at radius 3 is 2.72 bits per heavy atom. The lowest BCUT2D eigenvalue weighted by Crippen LogP contribution is -2.27. The Morgan fingerprint density at radius 2 is 2.11 bits per heavy atom. The minimum atomic E-state index is -0.103. The first kappa shape index (κ1) is 12.2. The van der Waals surface area contributed by atoms with Crippen LogP contribution < -0.4 is 5.32 Å². The van der Waals surface area contributed by atoms with Crippen molar-refractivity contribution in [2.75, 3.05) is 0 Å². The van der Waals surface area contributed by atoms with Gasteiger partial charge < -0.3 is 9.73 Å². The van der Waals surface area contributed by atoms with Crippen molar-refractivity contribution in [3.63, 3.8) is 0 Å². The molecule has 0 saturated carbocycles. The average molecular weight is 241 g/mol. The first-order valence-electron chi connectivity index (χ1n) is 5.80. The molecule has 0 spiro atoms. The van der Waals surface area contributed by atoms with Crippen LogP contribution in [0.1, 0.15) is 28.4 Å². The molecule has 92 valence electrons. The van der Waals surface area contributed by atoms with Gasteiger partial charge in [-0.15, -0.1) is 6.58 Å². The minimum Gasteiger partial charge on any atom is -0.472 e. The molecule has 1 N–H and O–H groups in total. The number of rotatable bonds is 5. The summed E-state index contributed by atoms with van der Waals surface area (Å²) in [5.41, 5.74) is 1.59. The Balaban J connectivity index is 2.10. The van der Waals surface area contributed by atoms with Crippen LogP contribution in [-0.4, -0.2) is 5.91 Å². The highest BCUT2D eigenvalue weighted by Crippen LogP contribution is 2.18. The summed E-state index contributed by atoms with van der Waals surface area (Å²) < 4.78 is 5.04. The molecule has 0 aliphatic rings. The second kappa shape index (κ2) is 5.87. The molecule has 0 aliphatic carbocycles. The number of hydrogen-bond donors (Lipinski definition) is 1. The highest BCUT2D eigenvalue weighted by molar-refractivity contribution is 5.94. The molecule has 0 aliphatic heterocycles. The zero-order valence-corrected chi connectivity index (χ0v) is 10.0. The maximum absolute atomic E-state index is 12.0. The van der Waals surface area contributed by atoms with E-state index < -0.39 is 0 Å². The Bertz CT molecular complexity index is 503. The summed E-state index contributed by atoms with van der Waals surface area (Å²) in [5, 5.41) is 2.97. The fraction of sp³-hybridized carbons (Fsp3) is 0.133. The van der Waals surface area contributed by atoms with Gasteiger partial charge in [0.05, 0.1) is 18.6 Å². The molecular formula is C15H15NO2. The summed E-state index contributed by atoms with van der Waals surface area (Å²) in [4.78, 5) is 12.0. The van der Waals surface area contributed by atoms with E-state index >= 15 is 0 Å². The normalized spacial score (nSPS) is 11.8. The van der Waals surface area contributed by atoms with Crippen molar-refractivity contribution in [1.82, 2.24) is 5.32 Å². The highest BCUT2D eigenvalue weighted by Gasteiger charge is 2.15. The van der Waals surface area contributed by atoms with Crippen molar-refractivity contribution in [2.45, 2.75) is 12.5 Å². The zero-order chi connectivity index (χ0) is 12.8. The lowest BCUT2D eigenvalue weighted by Gasteiger charge is -2.15. The van der Waals surface area contributed by atoms with Crippen LogP contribution in [0.15, 0.2) is 66.0 Å². The molecule has 3 nitrogen and oxygen atoms in total. The number of carbonyl (C=O) groups is 1. The predicted octanol–water partition coefficient (Wildman–Crippen LogP) is 3.33. The van der Waals surface area contributed by atoms with Gasteiger partial charge in [0.25, 0.3) is 5.91 Å². The molecular weight excluding hydrogens is 226 g/mol. The smallest absolute Gasteiger partial charge is 0.251 e. The van der Waals surface area contributed by atoms with Crippen molar-refractivity contribution in [3.8, 4) is 0 Å². The van der Waals surface area contributed by atoms with Gasteiger partial charge in [-0.2, -0.15) is 0 Å². The maximum Gasteiger partial charge on any atom is 0.251 e. The molecule has 0 fully saturated rings. The van der Waals surface area contributed by atoms with E-state index in [2.05, 4.69) is 11.9 Å².